The quantitative estimate of drug-likeness (QED) is 0.265. The van der Waals surface area contributed by atoms with E-state index in [0.717, 1.165) is 0 Å². The Morgan fingerprint density at radius 1 is 1.67 bits per heavy atom. The Bertz CT molecular complexity index is 206. The number of hydrogen-bond donors (Lipinski definition) is 4. The summed E-state index contributed by atoms with van der Waals surface area (Å²) in [6, 6.07) is 0. The van der Waals surface area contributed by atoms with Crippen LogP contribution >= 0.6 is 0 Å². The third-order valence-electron chi connectivity index (χ3n) is 1.30. The van der Waals surface area contributed by atoms with E-state index in [4.69, 9.17) is 11.6 Å². The monoisotopic (exact) mass is 169 g/mol. The second kappa shape index (κ2) is 5.40. The van der Waals surface area contributed by atoms with Gasteiger partial charge < -0.3 is 16.3 Å². The zero-order valence-corrected chi connectivity index (χ0v) is 7.12. The Labute approximate surface area is 72.2 Å². The molecule has 4 nitrogen and oxygen atoms in total. The molecule has 0 aliphatic heterocycles. The first-order valence-electron chi connectivity index (χ1n) is 3.55. The van der Waals surface area contributed by atoms with Crippen molar-refractivity contribution in [1.29, 1.82) is 0 Å². The molecule has 0 aromatic heterocycles. The highest BCUT2D eigenvalue weighted by Crippen LogP contribution is 2.05. The average Bonchev–Trinajstić information content (AvgIpc) is 2.03. The molecule has 0 saturated carbocycles. The molecule has 0 bridgehead atoms. The third kappa shape index (κ3) is 3.80. The van der Waals surface area contributed by atoms with Gasteiger partial charge in [-0.25, -0.2) is 0 Å². The van der Waals surface area contributed by atoms with Crippen LogP contribution in [0.15, 0.2) is 36.2 Å². The molecule has 6 N–H and O–H groups in total. The van der Waals surface area contributed by atoms with Crippen molar-refractivity contribution >= 4 is 0 Å². The Hall–Kier alpha value is -1.26. The van der Waals surface area contributed by atoms with Crippen LogP contribution < -0.4 is 17.0 Å². The number of aliphatic hydroxyl groups excluding tert-OH is 1. The van der Waals surface area contributed by atoms with E-state index < -0.39 is 6.10 Å². The van der Waals surface area contributed by atoms with Crippen LogP contribution in [0.1, 0.15) is 6.92 Å². The molecule has 0 aliphatic carbocycles. The summed E-state index contributed by atoms with van der Waals surface area (Å²) in [4.78, 5) is 0. The summed E-state index contributed by atoms with van der Waals surface area (Å²) in [5, 5.41) is 9.20. The van der Waals surface area contributed by atoms with Gasteiger partial charge in [-0.1, -0.05) is 6.58 Å². The minimum atomic E-state index is -0.588. The van der Waals surface area contributed by atoms with Gasteiger partial charge in [0.15, 0.2) is 0 Å². The summed E-state index contributed by atoms with van der Waals surface area (Å²) < 4.78 is 0. The molecule has 0 amide bonds. The molecule has 0 radical (unpaired) electrons. The summed E-state index contributed by atoms with van der Waals surface area (Å²) in [6.45, 7) is 5.21. The van der Waals surface area contributed by atoms with Gasteiger partial charge in [-0.2, -0.15) is 0 Å². The lowest BCUT2D eigenvalue weighted by atomic mass is 10.1. The molecule has 0 saturated heterocycles. The van der Waals surface area contributed by atoms with Crippen LogP contribution in [0.25, 0.3) is 0 Å². The van der Waals surface area contributed by atoms with Crippen LogP contribution in [0.5, 0.6) is 0 Å². The summed E-state index contributed by atoms with van der Waals surface area (Å²) >= 11 is 0. The largest absolute Gasteiger partial charge is 0.405 e. The smallest absolute Gasteiger partial charge is 0.0763 e. The van der Waals surface area contributed by atoms with Gasteiger partial charge in [-0.05, 0) is 30.8 Å². The number of nitrogens with two attached hydrogens (primary N) is 2. The lowest BCUT2D eigenvalue weighted by Crippen LogP contribution is -2.19. The predicted molar refractivity (Wildman–Crippen MR) is 49.6 cm³/mol. The van der Waals surface area contributed by atoms with Crippen LogP contribution in [0, 0.1) is 0 Å². The van der Waals surface area contributed by atoms with Crippen molar-refractivity contribution in [3.8, 4) is 0 Å². The topological polar surface area (TPSA) is 84.3 Å². The van der Waals surface area contributed by atoms with Gasteiger partial charge in [0.2, 0.25) is 0 Å². The Morgan fingerprint density at radius 2 is 2.25 bits per heavy atom. The summed E-state index contributed by atoms with van der Waals surface area (Å²) in [7, 11) is 0. The van der Waals surface area contributed by atoms with Gasteiger partial charge in [-0.3, -0.25) is 5.84 Å². The minimum Gasteiger partial charge on any atom is -0.405 e. The summed E-state index contributed by atoms with van der Waals surface area (Å²) in [5.41, 5.74) is 8.69. The normalized spacial score (nSPS) is 14.8. The van der Waals surface area contributed by atoms with E-state index >= 15 is 0 Å². The van der Waals surface area contributed by atoms with E-state index in [2.05, 4.69) is 12.0 Å². The van der Waals surface area contributed by atoms with E-state index in [0.29, 0.717) is 11.3 Å². The van der Waals surface area contributed by atoms with Gasteiger partial charge in [0.1, 0.15) is 0 Å². The predicted octanol–water partition coefficient (Wildman–Crippen LogP) is -0.257. The van der Waals surface area contributed by atoms with Crippen LogP contribution in [0.2, 0.25) is 0 Å². The second-order valence-electron chi connectivity index (χ2n) is 2.35. The molecule has 0 spiro atoms. The van der Waals surface area contributed by atoms with E-state index in [1.54, 1.807) is 19.1 Å². The van der Waals surface area contributed by atoms with Gasteiger partial charge in [0, 0.05) is 5.70 Å². The molecule has 0 aromatic carbocycles. The van der Waals surface area contributed by atoms with Gasteiger partial charge in [0.25, 0.3) is 0 Å². The molecule has 0 rings (SSSR count). The summed E-state index contributed by atoms with van der Waals surface area (Å²) in [5.74, 6) is 5.09. The van der Waals surface area contributed by atoms with E-state index in [9.17, 15) is 5.11 Å². The van der Waals surface area contributed by atoms with E-state index in [1.165, 1.54) is 6.20 Å². The fourth-order valence-corrected chi connectivity index (χ4v) is 0.662. The van der Waals surface area contributed by atoms with Gasteiger partial charge in [-0.15, -0.1) is 0 Å². The van der Waals surface area contributed by atoms with Crippen molar-refractivity contribution in [1.82, 2.24) is 5.43 Å². The van der Waals surface area contributed by atoms with Crippen LogP contribution in [0.4, 0.5) is 0 Å². The molecule has 68 valence electrons. The van der Waals surface area contributed by atoms with Gasteiger partial charge >= 0.3 is 0 Å². The van der Waals surface area contributed by atoms with Crippen molar-refractivity contribution in [2.75, 3.05) is 0 Å². The van der Waals surface area contributed by atoms with Crippen molar-refractivity contribution < 1.29 is 5.11 Å². The zero-order chi connectivity index (χ0) is 9.56. The van der Waals surface area contributed by atoms with Crippen molar-refractivity contribution in [2.24, 2.45) is 11.6 Å². The minimum absolute atomic E-state index is 0.518. The molecule has 1 atom stereocenters. The third-order valence-corrected chi connectivity index (χ3v) is 1.30. The Morgan fingerprint density at radius 3 is 2.58 bits per heavy atom. The first-order chi connectivity index (χ1) is 5.61. The molecule has 0 aliphatic rings. The number of hydrogen-bond acceptors (Lipinski definition) is 4. The molecular weight excluding hydrogens is 154 g/mol. The Balaban J connectivity index is 4.49. The molecule has 0 heterocycles. The van der Waals surface area contributed by atoms with Crippen LogP contribution in [-0.4, -0.2) is 11.2 Å². The zero-order valence-electron chi connectivity index (χ0n) is 7.12. The van der Waals surface area contributed by atoms with Crippen molar-refractivity contribution in [3.63, 3.8) is 0 Å². The highest BCUT2D eigenvalue weighted by atomic mass is 16.3. The number of hydrazine groups is 1. The fourth-order valence-electron chi connectivity index (χ4n) is 0.662. The fraction of sp³-hybridized carbons (Fsp3) is 0.250. The number of allylic oxidation sites excluding steroid dienone is 1. The molecular formula is C8H15N3O. The van der Waals surface area contributed by atoms with E-state index in [-0.39, 0.29) is 0 Å². The van der Waals surface area contributed by atoms with Crippen molar-refractivity contribution in [3.05, 3.63) is 36.2 Å². The lowest BCUT2D eigenvalue weighted by molar-refractivity contribution is 0.235. The van der Waals surface area contributed by atoms with E-state index in [1.807, 2.05) is 0 Å². The highest BCUT2D eigenvalue weighted by molar-refractivity contribution is 5.29. The lowest BCUT2D eigenvalue weighted by Gasteiger charge is -2.06. The van der Waals surface area contributed by atoms with Crippen molar-refractivity contribution in [2.45, 2.75) is 13.0 Å². The molecule has 0 aromatic rings. The average molecular weight is 169 g/mol. The maximum atomic E-state index is 9.20. The van der Waals surface area contributed by atoms with Gasteiger partial charge in [0.05, 0.1) is 6.10 Å². The van der Waals surface area contributed by atoms with Crippen LogP contribution in [0.3, 0.4) is 0 Å². The maximum Gasteiger partial charge on any atom is 0.0763 e. The molecule has 0 fully saturated rings. The highest BCUT2D eigenvalue weighted by Gasteiger charge is 2.00. The maximum absolute atomic E-state index is 9.20. The summed E-state index contributed by atoms with van der Waals surface area (Å²) in [6.07, 6.45) is 3.97. The number of rotatable bonds is 4. The number of nitrogens with one attached hydrogen (secondary N) is 1. The Kier molecular flexibility index (Phi) is 4.83. The standard InChI is InChI=1S/C8H15N3O/c1-6(11-10)5-8(3-4-9)7(2)12/h3-5,7,11-12H,1,9-10H2,2H3/b4-3-,8-5+. The first-order valence-corrected chi connectivity index (χ1v) is 3.55. The van der Waals surface area contributed by atoms with Crippen LogP contribution in [-0.2, 0) is 0 Å². The molecule has 4 heteroatoms. The second-order valence-corrected chi connectivity index (χ2v) is 2.35. The molecule has 1 unspecified atom stereocenters. The SMILES string of the molecule is C=C(/C=C(\C=C/N)C(C)O)NN. The number of aliphatic hydroxyl groups is 1. The molecule has 12 heavy (non-hydrogen) atoms. The first kappa shape index (κ1) is 10.7.